The van der Waals surface area contributed by atoms with E-state index in [1.165, 1.54) is 4.88 Å². The highest BCUT2D eigenvalue weighted by atomic mass is 32.1. The predicted octanol–water partition coefficient (Wildman–Crippen LogP) is 4.39. The van der Waals surface area contributed by atoms with Crippen molar-refractivity contribution < 1.29 is 24.2 Å². The molecule has 1 aliphatic rings. The molecule has 1 heterocycles. The van der Waals surface area contributed by atoms with E-state index in [4.69, 9.17) is 9.84 Å². The fourth-order valence-corrected chi connectivity index (χ4v) is 5.08. The minimum absolute atomic E-state index is 0.00311. The van der Waals surface area contributed by atoms with Crippen LogP contribution in [0.1, 0.15) is 51.3 Å². The van der Waals surface area contributed by atoms with Crippen molar-refractivity contribution in [2.75, 3.05) is 13.1 Å². The number of rotatable bonds is 8. The van der Waals surface area contributed by atoms with Crippen LogP contribution in [0.2, 0.25) is 0 Å². The Balaban J connectivity index is 1.19. The lowest BCUT2D eigenvalue weighted by Gasteiger charge is -2.26. The van der Waals surface area contributed by atoms with Gasteiger partial charge in [-0.3, -0.25) is 14.4 Å². The van der Waals surface area contributed by atoms with Gasteiger partial charge in [0.05, 0.1) is 12.0 Å². The lowest BCUT2D eigenvalue weighted by atomic mass is 9.87. The number of carboxylic acids is 1. The molecule has 0 aliphatic heterocycles. The molecular weight excluding hydrogens is 452 g/mol. The number of ether oxygens (including phenoxy) is 1. The molecule has 1 aromatic heterocycles. The number of benzene rings is 2. The van der Waals surface area contributed by atoms with Crippen LogP contribution in [0.15, 0.2) is 48.5 Å². The first-order chi connectivity index (χ1) is 16.4. The molecule has 1 aliphatic carbocycles. The molecule has 0 unspecified atom stereocenters. The van der Waals surface area contributed by atoms with Crippen molar-refractivity contribution >= 4 is 39.2 Å². The molecule has 0 saturated heterocycles. The predicted molar refractivity (Wildman–Crippen MR) is 132 cm³/mol. The first-order valence-corrected chi connectivity index (χ1v) is 12.3. The second kappa shape index (κ2) is 10.7. The normalized spacial score (nSPS) is 17.8. The lowest BCUT2D eigenvalue weighted by molar-refractivity contribution is -0.143. The minimum Gasteiger partial charge on any atom is -0.490 e. The summed E-state index contributed by atoms with van der Waals surface area (Å²) in [4.78, 5) is 37.1. The number of carbonyl (C=O) groups is 3. The van der Waals surface area contributed by atoms with Crippen LogP contribution < -0.4 is 15.4 Å². The number of hydrogen-bond donors (Lipinski definition) is 3. The second-order valence-corrected chi connectivity index (χ2v) is 9.86. The monoisotopic (exact) mass is 480 g/mol. The third kappa shape index (κ3) is 5.94. The molecule has 178 valence electrons. The van der Waals surface area contributed by atoms with Crippen molar-refractivity contribution in [3.05, 3.63) is 64.5 Å². The van der Waals surface area contributed by atoms with E-state index in [-0.39, 0.29) is 23.8 Å². The molecule has 3 N–H and O–H groups in total. The van der Waals surface area contributed by atoms with Crippen LogP contribution in [-0.4, -0.2) is 42.1 Å². The van der Waals surface area contributed by atoms with Gasteiger partial charge in [-0.15, -0.1) is 11.3 Å². The Labute approximate surface area is 202 Å². The summed E-state index contributed by atoms with van der Waals surface area (Å²) >= 11 is 1.70. The largest absolute Gasteiger partial charge is 0.490 e. The molecule has 1 saturated carbocycles. The Hall–Kier alpha value is -3.39. The van der Waals surface area contributed by atoms with Crippen LogP contribution in [0.3, 0.4) is 0 Å². The summed E-state index contributed by atoms with van der Waals surface area (Å²) < 4.78 is 7.10. The minimum atomic E-state index is -0.733. The topological polar surface area (TPSA) is 105 Å². The van der Waals surface area contributed by atoms with Crippen molar-refractivity contribution in [2.45, 2.75) is 38.7 Å². The van der Waals surface area contributed by atoms with Crippen molar-refractivity contribution in [1.29, 1.82) is 0 Å². The molecule has 3 aromatic rings. The highest BCUT2D eigenvalue weighted by molar-refractivity contribution is 7.19. The van der Waals surface area contributed by atoms with Crippen LogP contribution in [0.25, 0.3) is 10.1 Å². The zero-order valence-electron chi connectivity index (χ0n) is 19.0. The number of carbonyl (C=O) groups excluding carboxylic acids is 2. The molecule has 0 bridgehead atoms. The summed E-state index contributed by atoms with van der Waals surface area (Å²) in [6.07, 6.45) is 2.68. The number of nitrogens with one attached hydrogen (secondary N) is 2. The summed E-state index contributed by atoms with van der Waals surface area (Å²) in [5.74, 6) is -0.731. The van der Waals surface area contributed by atoms with E-state index in [2.05, 4.69) is 16.7 Å². The standard InChI is InChI=1S/C26H28N2O5S/c1-16-14-20-15-19(6-11-23(20)34-16)25(30)28-13-12-27-24(29)17-2-7-21(8-3-17)33-22-9-4-18(5-10-22)26(31)32/h2-3,6-8,11,14-15,18,22H,4-5,9-10,12-13H2,1H3,(H,27,29)(H,28,30)(H,31,32). The van der Waals surface area contributed by atoms with Crippen LogP contribution in [0.4, 0.5) is 0 Å². The molecule has 4 rings (SSSR count). The van der Waals surface area contributed by atoms with Crippen molar-refractivity contribution in [2.24, 2.45) is 5.92 Å². The number of fused-ring (bicyclic) bond motifs is 1. The average Bonchev–Trinajstić information content (AvgIpc) is 3.21. The van der Waals surface area contributed by atoms with Gasteiger partial charge in [-0.05, 0) is 86.5 Å². The maximum absolute atomic E-state index is 12.4. The average molecular weight is 481 g/mol. The van der Waals surface area contributed by atoms with Gasteiger partial charge in [0.25, 0.3) is 11.8 Å². The molecule has 1 fully saturated rings. The van der Waals surface area contributed by atoms with E-state index in [1.54, 1.807) is 35.6 Å². The molecule has 0 atom stereocenters. The second-order valence-electron chi connectivity index (χ2n) is 8.58. The number of aryl methyl sites for hydroxylation is 1. The van der Waals surface area contributed by atoms with Crippen molar-refractivity contribution in [1.82, 2.24) is 10.6 Å². The van der Waals surface area contributed by atoms with Gasteiger partial charge in [0, 0.05) is 33.8 Å². The van der Waals surface area contributed by atoms with E-state index < -0.39 is 5.97 Å². The van der Waals surface area contributed by atoms with E-state index in [0.29, 0.717) is 55.6 Å². The number of carboxylic acid groups (broad SMARTS) is 1. The van der Waals surface area contributed by atoms with Gasteiger partial charge >= 0.3 is 5.97 Å². The summed E-state index contributed by atoms with van der Waals surface area (Å²) in [6, 6.07) is 14.6. The van der Waals surface area contributed by atoms with Crippen LogP contribution in [0, 0.1) is 12.8 Å². The Morgan fingerprint density at radius 3 is 2.18 bits per heavy atom. The summed E-state index contributed by atoms with van der Waals surface area (Å²) in [5, 5.41) is 15.8. The molecule has 34 heavy (non-hydrogen) atoms. The number of thiophene rings is 1. The van der Waals surface area contributed by atoms with E-state index >= 15 is 0 Å². The van der Waals surface area contributed by atoms with E-state index in [0.717, 1.165) is 10.1 Å². The van der Waals surface area contributed by atoms with Gasteiger partial charge in [-0.2, -0.15) is 0 Å². The van der Waals surface area contributed by atoms with E-state index in [1.807, 2.05) is 25.1 Å². The lowest BCUT2D eigenvalue weighted by Crippen LogP contribution is -2.34. The molecular formula is C26H28N2O5S. The zero-order valence-corrected chi connectivity index (χ0v) is 19.8. The van der Waals surface area contributed by atoms with Gasteiger partial charge in [0.1, 0.15) is 5.75 Å². The summed E-state index contributed by atoms with van der Waals surface area (Å²) in [5.41, 5.74) is 1.11. The molecule has 8 heteroatoms. The van der Waals surface area contributed by atoms with Gasteiger partial charge in [-0.1, -0.05) is 0 Å². The van der Waals surface area contributed by atoms with Crippen molar-refractivity contribution in [3.8, 4) is 5.75 Å². The first kappa shape index (κ1) is 23.8. The number of hydrogen-bond acceptors (Lipinski definition) is 5. The number of amides is 2. The molecule has 0 spiro atoms. The van der Waals surface area contributed by atoms with Crippen LogP contribution in [-0.2, 0) is 4.79 Å². The highest BCUT2D eigenvalue weighted by Crippen LogP contribution is 2.28. The fourth-order valence-electron chi connectivity index (χ4n) is 4.18. The SMILES string of the molecule is Cc1cc2cc(C(=O)NCCNC(=O)c3ccc(OC4CCC(C(=O)O)CC4)cc3)ccc2s1. The Morgan fingerprint density at radius 2 is 1.53 bits per heavy atom. The summed E-state index contributed by atoms with van der Waals surface area (Å²) in [7, 11) is 0. The molecule has 7 nitrogen and oxygen atoms in total. The van der Waals surface area contributed by atoms with Crippen LogP contribution >= 0.6 is 11.3 Å². The smallest absolute Gasteiger partial charge is 0.306 e. The Bertz CT molecular complexity index is 1180. The Morgan fingerprint density at radius 1 is 0.912 bits per heavy atom. The third-order valence-electron chi connectivity index (χ3n) is 6.04. The van der Waals surface area contributed by atoms with Crippen molar-refractivity contribution in [3.63, 3.8) is 0 Å². The number of aliphatic carboxylic acids is 1. The third-order valence-corrected chi connectivity index (χ3v) is 7.07. The summed E-state index contributed by atoms with van der Waals surface area (Å²) in [6.45, 7) is 2.68. The molecule has 0 radical (unpaired) electrons. The highest BCUT2D eigenvalue weighted by Gasteiger charge is 2.26. The molecule has 2 amide bonds. The Kier molecular flexibility index (Phi) is 7.47. The quantitative estimate of drug-likeness (QED) is 0.415. The van der Waals surface area contributed by atoms with Crippen LogP contribution in [0.5, 0.6) is 5.75 Å². The molecule has 2 aromatic carbocycles. The van der Waals surface area contributed by atoms with Gasteiger partial charge in [0.15, 0.2) is 0 Å². The fraction of sp³-hybridized carbons (Fsp3) is 0.346. The first-order valence-electron chi connectivity index (χ1n) is 11.4. The maximum atomic E-state index is 12.4. The van der Waals surface area contributed by atoms with E-state index in [9.17, 15) is 14.4 Å². The van der Waals surface area contributed by atoms with Gasteiger partial charge in [-0.25, -0.2) is 0 Å². The van der Waals surface area contributed by atoms with Gasteiger partial charge < -0.3 is 20.5 Å². The maximum Gasteiger partial charge on any atom is 0.306 e. The zero-order chi connectivity index (χ0) is 24.1. The van der Waals surface area contributed by atoms with Gasteiger partial charge in [0.2, 0.25) is 0 Å².